The van der Waals surface area contributed by atoms with Crippen molar-refractivity contribution in [3.05, 3.63) is 46.8 Å². The summed E-state index contributed by atoms with van der Waals surface area (Å²) in [5.41, 5.74) is 9.90. The zero-order chi connectivity index (χ0) is 15.8. The van der Waals surface area contributed by atoms with Gasteiger partial charge in [0.1, 0.15) is 0 Å². The maximum Gasteiger partial charge on any atom is 0.262 e. The van der Waals surface area contributed by atoms with Gasteiger partial charge in [0.05, 0.1) is 16.8 Å². The monoisotopic (exact) mass is 305 g/mol. The smallest absolute Gasteiger partial charge is 0.262 e. The third kappa shape index (κ3) is 3.00. The van der Waals surface area contributed by atoms with Gasteiger partial charge < -0.3 is 5.73 Å². The number of anilines is 2. The third-order valence-corrected chi connectivity index (χ3v) is 5.03. The van der Waals surface area contributed by atoms with Crippen LogP contribution < -0.4 is 10.5 Å². The predicted molar refractivity (Wildman–Crippen MR) is 84.8 cm³/mol. The highest BCUT2D eigenvalue weighted by Crippen LogP contribution is 2.29. The maximum atomic E-state index is 12.6. The molecule has 2 rings (SSSR count). The lowest BCUT2D eigenvalue weighted by Crippen LogP contribution is -2.17. The number of hydrogen-bond acceptors (Lipinski definition) is 4. The Kier molecular flexibility index (Phi) is 3.91. The summed E-state index contributed by atoms with van der Waals surface area (Å²) in [5, 5.41) is 0. The van der Waals surface area contributed by atoms with Crippen molar-refractivity contribution in [2.75, 3.05) is 10.5 Å². The summed E-state index contributed by atoms with van der Waals surface area (Å²) >= 11 is 0. The van der Waals surface area contributed by atoms with Gasteiger partial charge in [-0.2, -0.15) is 0 Å². The highest BCUT2D eigenvalue weighted by atomic mass is 32.2. The summed E-state index contributed by atoms with van der Waals surface area (Å²) in [6, 6.07) is 3.51. The molecule has 0 radical (unpaired) electrons. The number of nitrogens with zero attached hydrogens (tertiary/aromatic N) is 1. The molecule has 3 N–H and O–H groups in total. The quantitative estimate of drug-likeness (QED) is 0.854. The summed E-state index contributed by atoms with van der Waals surface area (Å²) in [4.78, 5) is 4.22. The summed E-state index contributed by atoms with van der Waals surface area (Å²) in [6.07, 6.45) is 3.14. The normalized spacial score (nSPS) is 11.4. The Morgan fingerprint density at radius 1 is 1.05 bits per heavy atom. The lowest BCUT2D eigenvalue weighted by molar-refractivity contribution is 0.600. The van der Waals surface area contributed by atoms with E-state index >= 15 is 0 Å². The molecule has 1 aromatic carbocycles. The molecule has 0 saturated heterocycles. The molecule has 1 heterocycles. The zero-order valence-electron chi connectivity index (χ0n) is 12.6. The minimum atomic E-state index is -3.70. The van der Waals surface area contributed by atoms with E-state index in [2.05, 4.69) is 9.71 Å². The molecule has 0 bridgehead atoms. The molecule has 6 heteroatoms. The molecule has 0 aliphatic heterocycles. The third-order valence-electron chi connectivity index (χ3n) is 3.36. The van der Waals surface area contributed by atoms with Gasteiger partial charge in [0.2, 0.25) is 0 Å². The number of sulfonamides is 1. The Bertz CT molecular complexity index is 799. The van der Waals surface area contributed by atoms with Crippen molar-refractivity contribution < 1.29 is 8.42 Å². The van der Waals surface area contributed by atoms with E-state index in [-0.39, 0.29) is 4.90 Å². The number of nitrogens with two attached hydrogens (primary N) is 1. The van der Waals surface area contributed by atoms with Gasteiger partial charge >= 0.3 is 0 Å². The van der Waals surface area contributed by atoms with Gasteiger partial charge in [-0.3, -0.25) is 9.71 Å². The SMILES string of the molecule is Cc1cncc(NS(=O)(=O)c2c(C)cc(C)c(N)c2C)c1. The number of aromatic nitrogens is 1. The Labute approximate surface area is 125 Å². The van der Waals surface area contributed by atoms with Crippen LogP contribution in [0.4, 0.5) is 11.4 Å². The van der Waals surface area contributed by atoms with E-state index < -0.39 is 10.0 Å². The first-order chi connectivity index (χ1) is 9.72. The Balaban J connectivity index is 2.53. The van der Waals surface area contributed by atoms with Crippen LogP contribution in [-0.2, 0) is 10.0 Å². The van der Waals surface area contributed by atoms with E-state index in [0.29, 0.717) is 22.5 Å². The van der Waals surface area contributed by atoms with Crippen LogP contribution in [0.5, 0.6) is 0 Å². The van der Waals surface area contributed by atoms with Crippen LogP contribution in [0.15, 0.2) is 29.4 Å². The first-order valence-corrected chi connectivity index (χ1v) is 8.01. The van der Waals surface area contributed by atoms with E-state index in [0.717, 1.165) is 11.1 Å². The second-order valence-corrected chi connectivity index (χ2v) is 6.85. The number of rotatable bonds is 3. The Morgan fingerprint density at radius 2 is 1.71 bits per heavy atom. The lowest BCUT2D eigenvalue weighted by Gasteiger charge is -2.16. The number of aryl methyl sites for hydroxylation is 3. The standard InChI is InChI=1S/C15H19N3O2S/c1-9-5-13(8-17-7-9)18-21(19,20)15-11(3)6-10(2)14(16)12(15)4/h5-8,18H,16H2,1-4H3. The largest absolute Gasteiger partial charge is 0.398 e. The second-order valence-electron chi connectivity index (χ2n) is 5.23. The van der Waals surface area contributed by atoms with Crippen LogP contribution in [0.1, 0.15) is 22.3 Å². The molecule has 0 atom stereocenters. The Hall–Kier alpha value is -2.08. The molecule has 0 saturated carbocycles. The highest BCUT2D eigenvalue weighted by Gasteiger charge is 2.22. The van der Waals surface area contributed by atoms with Crippen LogP contribution in [0.3, 0.4) is 0 Å². The van der Waals surface area contributed by atoms with E-state index in [1.54, 1.807) is 32.2 Å². The molecule has 2 aromatic rings. The number of hydrogen-bond donors (Lipinski definition) is 2. The molecule has 0 spiro atoms. The number of benzene rings is 1. The molecule has 0 aliphatic rings. The van der Waals surface area contributed by atoms with Crippen molar-refractivity contribution in [2.45, 2.75) is 32.6 Å². The highest BCUT2D eigenvalue weighted by molar-refractivity contribution is 7.92. The predicted octanol–water partition coefficient (Wildman–Crippen LogP) is 2.70. The Morgan fingerprint density at radius 3 is 2.33 bits per heavy atom. The summed E-state index contributed by atoms with van der Waals surface area (Å²) in [6.45, 7) is 7.20. The van der Waals surface area contributed by atoms with E-state index in [9.17, 15) is 8.42 Å². The van der Waals surface area contributed by atoms with Crippen molar-refractivity contribution in [3.63, 3.8) is 0 Å². The molecule has 112 valence electrons. The topological polar surface area (TPSA) is 85.1 Å². The van der Waals surface area contributed by atoms with Crippen LogP contribution in [-0.4, -0.2) is 13.4 Å². The molecule has 0 amide bonds. The van der Waals surface area contributed by atoms with Gasteiger partial charge in [-0.15, -0.1) is 0 Å². The van der Waals surface area contributed by atoms with Gasteiger partial charge in [0.25, 0.3) is 10.0 Å². The van der Waals surface area contributed by atoms with Crippen molar-refractivity contribution in [1.82, 2.24) is 4.98 Å². The van der Waals surface area contributed by atoms with Crippen molar-refractivity contribution in [3.8, 4) is 0 Å². The van der Waals surface area contributed by atoms with Crippen molar-refractivity contribution >= 4 is 21.4 Å². The number of pyridine rings is 1. The van der Waals surface area contributed by atoms with Gasteiger partial charge in [-0.25, -0.2) is 8.42 Å². The average molecular weight is 305 g/mol. The molecule has 21 heavy (non-hydrogen) atoms. The summed E-state index contributed by atoms with van der Waals surface area (Å²) < 4.78 is 27.8. The molecular weight excluding hydrogens is 286 g/mol. The van der Waals surface area contributed by atoms with Gasteiger partial charge in [-0.05, 0) is 56.0 Å². The van der Waals surface area contributed by atoms with Crippen molar-refractivity contribution in [2.24, 2.45) is 0 Å². The number of nitrogen functional groups attached to an aromatic ring is 1. The lowest BCUT2D eigenvalue weighted by atomic mass is 10.1. The second kappa shape index (κ2) is 5.37. The molecule has 5 nitrogen and oxygen atoms in total. The molecule has 0 fully saturated rings. The zero-order valence-corrected chi connectivity index (χ0v) is 13.4. The maximum absolute atomic E-state index is 12.6. The summed E-state index contributed by atoms with van der Waals surface area (Å²) in [5.74, 6) is 0. The molecule has 1 aromatic heterocycles. The average Bonchev–Trinajstić information content (AvgIpc) is 2.35. The van der Waals surface area contributed by atoms with Crippen molar-refractivity contribution in [1.29, 1.82) is 0 Å². The molecular formula is C15H19N3O2S. The van der Waals surface area contributed by atoms with Gasteiger partial charge in [0, 0.05) is 11.9 Å². The molecule has 0 aliphatic carbocycles. The van der Waals surface area contributed by atoms with Crippen LogP contribution >= 0.6 is 0 Å². The van der Waals surface area contributed by atoms with E-state index in [1.165, 1.54) is 6.20 Å². The van der Waals surface area contributed by atoms with E-state index in [4.69, 9.17) is 5.73 Å². The minimum absolute atomic E-state index is 0.229. The van der Waals surface area contributed by atoms with Crippen LogP contribution in [0.25, 0.3) is 0 Å². The fraction of sp³-hybridized carbons (Fsp3) is 0.267. The first kappa shape index (κ1) is 15.3. The fourth-order valence-electron chi connectivity index (χ4n) is 2.41. The van der Waals surface area contributed by atoms with Gasteiger partial charge in [-0.1, -0.05) is 6.07 Å². The summed E-state index contributed by atoms with van der Waals surface area (Å²) in [7, 11) is -3.70. The minimum Gasteiger partial charge on any atom is -0.398 e. The fourth-order valence-corrected chi connectivity index (χ4v) is 3.93. The first-order valence-electron chi connectivity index (χ1n) is 6.53. The van der Waals surface area contributed by atoms with Gasteiger partial charge in [0.15, 0.2) is 0 Å². The number of nitrogens with one attached hydrogen (secondary N) is 1. The van der Waals surface area contributed by atoms with E-state index in [1.807, 2.05) is 13.8 Å². The molecule has 0 unspecified atom stereocenters. The van der Waals surface area contributed by atoms with Crippen LogP contribution in [0, 0.1) is 27.7 Å². The van der Waals surface area contributed by atoms with Crippen LogP contribution in [0.2, 0.25) is 0 Å².